The van der Waals surface area contributed by atoms with Crippen LogP contribution in [0.15, 0.2) is 24.3 Å². The van der Waals surface area contributed by atoms with Gasteiger partial charge in [-0.3, -0.25) is 4.98 Å². The van der Waals surface area contributed by atoms with Crippen LogP contribution >= 0.6 is 11.6 Å². The zero-order valence-corrected chi connectivity index (χ0v) is 16.2. The molecule has 3 heteroatoms. The van der Waals surface area contributed by atoms with Gasteiger partial charge in [-0.1, -0.05) is 49.9 Å². The molecule has 0 atom stereocenters. The van der Waals surface area contributed by atoms with Crippen molar-refractivity contribution in [2.75, 3.05) is 0 Å². The van der Waals surface area contributed by atoms with Crippen LogP contribution in [-0.4, -0.2) is 4.98 Å². The summed E-state index contributed by atoms with van der Waals surface area (Å²) in [5, 5.41) is 10.9. The maximum absolute atomic E-state index is 10.2. The SMILES string of the molecule is CC1(c2nc3c(c(-c4cccc(Cl)c4)c2C#N)CCCCC3)CCCC1. The zero-order valence-electron chi connectivity index (χ0n) is 15.4. The van der Waals surface area contributed by atoms with E-state index in [0.717, 1.165) is 53.1 Å². The molecular formula is C23H25ClN2. The Kier molecular flexibility index (Phi) is 4.76. The minimum Gasteiger partial charge on any atom is -0.256 e. The molecule has 4 rings (SSSR count). The molecule has 0 bridgehead atoms. The highest BCUT2D eigenvalue weighted by Gasteiger charge is 2.36. The Morgan fingerprint density at radius 1 is 1.08 bits per heavy atom. The predicted molar refractivity (Wildman–Crippen MR) is 106 cm³/mol. The van der Waals surface area contributed by atoms with Crippen molar-refractivity contribution in [2.24, 2.45) is 0 Å². The molecule has 0 spiro atoms. The van der Waals surface area contributed by atoms with Gasteiger partial charge in [-0.05, 0) is 61.8 Å². The summed E-state index contributed by atoms with van der Waals surface area (Å²) in [6.07, 6.45) is 10.3. The fraction of sp³-hybridized carbons (Fsp3) is 0.478. The number of fused-ring (bicyclic) bond motifs is 1. The summed E-state index contributed by atoms with van der Waals surface area (Å²) in [6.45, 7) is 2.30. The molecule has 1 aromatic carbocycles. The first-order valence-electron chi connectivity index (χ1n) is 9.85. The van der Waals surface area contributed by atoms with Crippen LogP contribution in [0.3, 0.4) is 0 Å². The van der Waals surface area contributed by atoms with Crippen LogP contribution < -0.4 is 0 Å². The third kappa shape index (κ3) is 3.03. The number of hydrogen-bond acceptors (Lipinski definition) is 2. The normalized spacial score (nSPS) is 18.8. The molecule has 2 aliphatic rings. The van der Waals surface area contributed by atoms with E-state index in [4.69, 9.17) is 16.6 Å². The van der Waals surface area contributed by atoms with Crippen molar-refractivity contribution in [1.29, 1.82) is 5.26 Å². The third-order valence-electron chi connectivity index (χ3n) is 6.23. The first-order valence-corrected chi connectivity index (χ1v) is 10.2. The Labute approximate surface area is 161 Å². The van der Waals surface area contributed by atoms with Crippen molar-refractivity contribution in [2.45, 2.75) is 70.1 Å². The van der Waals surface area contributed by atoms with Crippen LogP contribution in [0.4, 0.5) is 0 Å². The van der Waals surface area contributed by atoms with Crippen molar-refractivity contribution in [3.8, 4) is 17.2 Å². The lowest BCUT2D eigenvalue weighted by molar-refractivity contribution is 0.472. The zero-order chi connectivity index (χ0) is 18.1. The number of benzene rings is 1. The summed E-state index contributed by atoms with van der Waals surface area (Å²) in [5.41, 5.74) is 6.53. The van der Waals surface area contributed by atoms with Gasteiger partial charge in [0.05, 0.1) is 11.3 Å². The van der Waals surface area contributed by atoms with E-state index >= 15 is 0 Å². The largest absolute Gasteiger partial charge is 0.256 e. The number of nitriles is 1. The molecule has 0 saturated heterocycles. The number of aromatic nitrogens is 1. The highest BCUT2D eigenvalue weighted by atomic mass is 35.5. The minimum absolute atomic E-state index is 0.0275. The van der Waals surface area contributed by atoms with E-state index in [1.54, 1.807) is 0 Å². The van der Waals surface area contributed by atoms with E-state index in [-0.39, 0.29) is 5.41 Å². The van der Waals surface area contributed by atoms with Gasteiger partial charge >= 0.3 is 0 Å². The van der Waals surface area contributed by atoms with Crippen molar-refractivity contribution >= 4 is 11.6 Å². The van der Waals surface area contributed by atoms with Gasteiger partial charge in [0.2, 0.25) is 0 Å². The van der Waals surface area contributed by atoms with E-state index in [1.807, 2.05) is 18.2 Å². The van der Waals surface area contributed by atoms with Crippen LogP contribution in [0.2, 0.25) is 5.02 Å². The van der Waals surface area contributed by atoms with E-state index < -0.39 is 0 Å². The summed E-state index contributed by atoms with van der Waals surface area (Å²) in [5.74, 6) is 0. The molecule has 0 N–H and O–H groups in total. The van der Waals surface area contributed by atoms with Gasteiger partial charge in [-0.15, -0.1) is 0 Å². The number of aryl methyl sites for hydroxylation is 1. The smallest absolute Gasteiger partial charge is 0.102 e. The summed E-state index contributed by atoms with van der Waals surface area (Å²) in [4.78, 5) is 5.15. The van der Waals surface area contributed by atoms with Crippen LogP contribution in [0.1, 0.15) is 74.4 Å². The first-order chi connectivity index (χ1) is 12.6. The number of nitrogens with zero attached hydrogens (tertiary/aromatic N) is 2. The molecule has 2 aromatic rings. The minimum atomic E-state index is 0.0275. The monoisotopic (exact) mass is 364 g/mol. The van der Waals surface area contributed by atoms with E-state index in [1.165, 1.54) is 43.4 Å². The number of hydrogen-bond donors (Lipinski definition) is 0. The third-order valence-corrected chi connectivity index (χ3v) is 6.46. The van der Waals surface area contributed by atoms with E-state index in [2.05, 4.69) is 19.1 Å². The van der Waals surface area contributed by atoms with Crippen molar-refractivity contribution in [3.05, 3.63) is 51.8 Å². The lowest BCUT2D eigenvalue weighted by atomic mass is 9.79. The average Bonchev–Trinajstić information content (AvgIpc) is 2.95. The fourth-order valence-electron chi connectivity index (χ4n) is 4.82. The second kappa shape index (κ2) is 7.05. The van der Waals surface area contributed by atoms with Gasteiger partial charge in [-0.2, -0.15) is 5.26 Å². The maximum atomic E-state index is 10.2. The molecule has 1 aromatic heterocycles. The molecule has 1 saturated carbocycles. The van der Waals surface area contributed by atoms with Gasteiger partial charge in [0.1, 0.15) is 6.07 Å². The van der Waals surface area contributed by atoms with Gasteiger partial charge in [-0.25, -0.2) is 0 Å². The quantitative estimate of drug-likeness (QED) is 0.580. The van der Waals surface area contributed by atoms with Gasteiger partial charge in [0.15, 0.2) is 0 Å². The van der Waals surface area contributed by atoms with Gasteiger partial charge in [0, 0.05) is 21.7 Å². The van der Waals surface area contributed by atoms with Crippen molar-refractivity contribution in [3.63, 3.8) is 0 Å². The maximum Gasteiger partial charge on any atom is 0.102 e. The second-order valence-corrected chi connectivity index (χ2v) is 8.52. The predicted octanol–water partition coefficient (Wildman–Crippen LogP) is 6.37. The van der Waals surface area contributed by atoms with Crippen LogP contribution in [0.25, 0.3) is 11.1 Å². The number of halogens is 1. The molecule has 1 fully saturated rings. The lowest BCUT2D eigenvalue weighted by Gasteiger charge is -2.27. The molecule has 0 aliphatic heterocycles. The summed E-state index contributed by atoms with van der Waals surface area (Å²) >= 11 is 6.30. The fourth-order valence-corrected chi connectivity index (χ4v) is 5.01. The molecule has 2 nitrogen and oxygen atoms in total. The van der Waals surface area contributed by atoms with Crippen molar-refractivity contribution < 1.29 is 0 Å². The average molecular weight is 365 g/mol. The summed E-state index contributed by atoms with van der Waals surface area (Å²) in [6, 6.07) is 10.5. The Morgan fingerprint density at radius 3 is 2.58 bits per heavy atom. The standard InChI is InChI=1S/C23H25ClN2/c1-23(12-5-6-13-23)22-19(15-25)21(16-8-7-9-17(24)14-16)18-10-3-2-4-11-20(18)26-22/h7-9,14H,2-6,10-13H2,1H3. The van der Waals surface area contributed by atoms with Crippen LogP contribution in [-0.2, 0) is 18.3 Å². The Bertz CT molecular complexity index is 873. The Morgan fingerprint density at radius 2 is 1.85 bits per heavy atom. The summed E-state index contributed by atoms with van der Waals surface area (Å²) in [7, 11) is 0. The molecule has 134 valence electrons. The molecule has 1 heterocycles. The Balaban J connectivity index is 2.02. The van der Waals surface area contributed by atoms with Crippen LogP contribution in [0.5, 0.6) is 0 Å². The van der Waals surface area contributed by atoms with Gasteiger partial charge in [0.25, 0.3) is 0 Å². The molecule has 0 amide bonds. The van der Waals surface area contributed by atoms with E-state index in [9.17, 15) is 5.26 Å². The molecule has 2 aliphatic carbocycles. The highest BCUT2D eigenvalue weighted by molar-refractivity contribution is 6.30. The number of rotatable bonds is 2. The summed E-state index contributed by atoms with van der Waals surface area (Å²) < 4.78 is 0. The highest BCUT2D eigenvalue weighted by Crippen LogP contribution is 2.45. The van der Waals surface area contributed by atoms with Crippen molar-refractivity contribution in [1.82, 2.24) is 4.98 Å². The van der Waals surface area contributed by atoms with E-state index in [0.29, 0.717) is 0 Å². The molecule has 0 unspecified atom stereocenters. The molecule has 26 heavy (non-hydrogen) atoms. The second-order valence-electron chi connectivity index (χ2n) is 8.09. The van der Waals surface area contributed by atoms with Gasteiger partial charge < -0.3 is 0 Å². The first kappa shape index (κ1) is 17.6. The van der Waals surface area contributed by atoms with Crippen LogP contribution in [0, 0.1) is 11.3 Å². The topological polar surface area (TPSA) is 36.7 Å². The molecule has 0 radical (unpaired) electrons. The molecular weight excluding hydrogens is 340 g/mol. The number of pyridine rings is 1. The lowest BCUT2D eigenvalue weighted by Crippen LogP contribution is -2.23. The Hall–Kier alpha value is -1.85.